The second kappa shape index (κ2) is 10.3. The summed E-state index contributed by atoms with van der Waals surface area (Å²) in [7, 11) is 1.72. The maximum absolute atomic E-state index is 5.87. The van der Waals surface area contributed by atoms with Gasteiger partial charge in [0.2, 0.25) is 5.88 Å². The molecular weight excluding hydrogens is 406 g/mol. The van der Waals surface area contributed by atoms with Crippen LogP contribution in [0.4, 0.5) is 0 Å². The summed E-state index contributed by atoms with van der Waals surface area (Å²) >= 11 is 0. The Labute approximate surface area is 186 Å². The van der Waals surface area contributed by atoms with Gasteiger partial charge < -0.3 is 20.1 Å². The van der Waals surface area contributed by atoms with Gasteiger partial charge in [0.15, 0.2) is 28.9 Å². The molecule has 1 aromatic carbocycles. The fraction of sp³-hybridized carbons (Fsp3) is 0.217. The summed E-state index contributed by atoms with van der Waals surface area (Å²) in [6.45, 7) is 3.56. The summed E-state index contributed by atoms with van der Waals surface area (Å²) in [6.07, 6.45) is 3.70. The Kier molecular flexibility index (Phi) is 6.76. The van der Waals surface area contributed by atoms with Crippen LogP contribution in [0, 0.1) is 0 Å². The molecule has 0 spiro atoms. The smallest absolute Gasteiger partial charge is 0.219 e. The maximum Gasteiger partial charge on any atom is 0.219 e. The van der Waals surface area contributed by atoms with Gasteiger partial charge in [-0.3, -0.25) is 9.39 Å². The van der Waals surface area contributed by atoms with Crippen LogP contribution in [0.25, 0.3) is 5.65 Å². The zero-order valence-corrected chi connectivity index (χ0v) is 18.0. The fourth-order valence-electron chi connectivity index (χ4n) is 3.08. The van der Waals surface area contributed by atoms with Gasteiger partial charge in [0, 0.05) is 32.1 Å². The number of pyridine rings is 2. The first kappa shape index (κ1) is 21.1. The highest BCUT2D eigenvalue weighted by Crippen LogP contribution is 2.30. The standard InChI is InChI=1S/C23H25N7O2/c1-3-31-18-8-4-5-9-19(18)32-22-12-11-17(14-25-22)15-26-23(24-2)27-16-21-29-28-20-10-6-7-13-30(20)21/h4-14H,3,15-16H2,1-2H3,(H2,24,26,27). The van der Waals surface area contributed by atoms with Crippen molar-refractivity contribution in [2.75, 3.05) is 13.7 Å². The number of fused-ring (bicyclic) bond motifs is 1. The Bertz CT molecular complexity index is 1190. The number of rotatable bonds is 8. The largest absolute Gasteiger partial charge is 0.490 e. The van der Waals surface area contributed by atoms with E-state index in [0.717, 1.165) is 17.0 Å². The second-order valence-electron chi connectivity index (χ2n) is 6.81. The number of ether oxygens (including phenoxy) is 2. The first-order valence-corrected chi connectivity index (χ1v) is 10.3. The summed E-state index contributed by atoms with van der Waals surface area (Å²) in [5.74, 6) is 3.29. The van der Waals surface area contributed by atoms with Crippen molar-refractivity contribution in [3.8, 4) is 17.4 Å². The minimum atomic E-state index is 0.495. The lowest BCUT2D eigenvalue weighted by Crippen LogP contribution is -2.36. The number of guanidine groups is 1. The molecule has 0 aliphatic heterocycles. The Morgan fingerprint density at radius 1 is 0.969 bits per heavy atom. The van der Waals surface area contributed by atoms with Gasteiger partial charge in [-0.1, -0.05) is 24.3 Å². The Balaban J connectivity index is 1.31. The van der Waals surface area contributed by atoms with E-state index >= 15 is 0 Å². The lowest BCUT2D eigenvalue weighted by Gasteiger charge is -2.12. The van der Waals surface area contributed by atoms with Gasteiger partial charge in [0.25, 0.3) is 0 Å². The highest BCUT2D eigenvalue weighted by atomic mass is 16.5. The third-order valence-electron chi connectivity index (χ3n) is 4.64. The lowest BCUT2D eigenvalue weighted by molar-refractivity contribution is 0.319. The van der Waals surface area contributed by atoms with Crippen molar-refractivity contribution in [1.29, 1.82) is 0 Å². The molecule has 4 aromatic rings. The van der Waals surface area contributed by atoms with Gasteiger partial charge in [-0.15, -0.1) is 10.2 Å². The van der Waals surface area contributed by atoms with Crippen molar-refractivity contribution >= 4 is 11.6 Å². The Morgan fingerprint density at radius 2 is 1.78 bits per heavy atom. The number of nitrogens with one attached hydrogen (secondary N) is 2. The van der Waals surface area contributed by atoms with Gasteiger partial charge in [0.05, 0.1) is 13.2 Å². The van der Waals surface area contributed by atoms with Crippen LogP contribution >= 0.6 is 0 Å². The van der Waals surface area contributed by atoms with E-state index in [1.807, 2.05) is 72.1 Å². The number of para-hydroxylation sites is 2. The van der Waals surface area contributed by atoms with E-state index in [-0.39, 0.29) is 0 Å². The van der Waals surface area contributed by atoms with E-state index in [2.05, 4.69) is 30.8 Å². The van der Waals surface area contributed by atoms with Crippen LogP contribution in [0.1, 0.15) is 18.3 Å². The van der Waals surface area contributed by atoms with E-state index < -0.39 is 0 Å². The molecule has 0 saturated heterocycles. The quantitative estimate of drug-likeness (QED) is 0.327. The summed E-state index contributed by atoms with van der Waals surface area (Å²) in [5.41, 5.74) is 1.80. The van der Waals surface area contributed by atoms with Crippen LogP contribution in [0.5, 0.6) is 17.4 Å². The van der Waals surface area contributed by atoms with Crippen molar-refractivity contribution in [2.45, 2.75) is 20.0 Å². The molecule has 3 aromatic heterocycles. The molecule has 0 aliphatic rings. The molecule has 0 saturated carbocycles. The first-order chi connectivity index (χ1) is 15.8. The molecule has 4 rings (SSSR count). The molecule has 0 aliphatic carbocycles. The summed E-state index contributed by atoms with van der Waals surface area (Å²) < 4.78 is 13.4. The van der Waals surface area contributed by atoms with Crippen LogP contribution in [0.15, 0.2) is 72.0 Å². The lowest BCUT2D eigenvalue weighted by atomic mass is 10.3. The first-order valence-electron chi connectivity index (χ1n) is 10.3. The maximum atomic E-state index is 5.87. The average Bonchev–Trinajstić information content (AvgIpc) is 3.25. The SMILES string of the molecule is CCOc1ccccc1Oc1ccc(CNC(=NC)NCc2nnc3ccccn23)cn1. The van der Waals surface area contributed by atoms with Crippen molar-refractivity contribution < 1.29 is 9.47 Å². The topological polar surface area (TPSA) is 98.0 Å². The third kappa shape index (κ3) is 5.12. The number of benzene rings is 1. The van der Waals surface area contributed by atoms with E-state index in [1.165, 1.54) is 0 Å². The number of hydrogen-bond donors (Lipinski definition) is 2. The average molecular weight is 432 g/mol. The van der Waals surface area contributed by atoms with Crippen LogP contribution in [-0.2, 0) is 13.1 Å². The molecule has 0 radical (unpaired) electrons. The number of aromatic nitrogens is 4. The van der Waals surface area contributed by atoms with E-state index in [1.54, 1.807) is 13.2 Å². The molecule has 0 amide bonds. The molecule has 0 unspecified atom stereocenters. The predicted octanol–water partition coefficient (Wildman–Crippen LogP) is 3.18. The highest BCUT2D eigenvalue weighted by Gasteiger charge is 2.08. The van der Waals surface area contributed by atoms with E-state index in [0.29, 0.717) is 43.0 Å². The van der Waals surface area contributed by atoms with Gasteiger partial charge in [-0.2, -0.15) is 0 Å². The fourth-order valence-corrected chi connectivity index (χ4v) is 3.08. The van der Waals surface area contributed by atoms with Gasteiger partial charge in [0.1, 0.15) is 0 Å². The van der Waals surface area contributed by atoms with Crippen LogP contribution in [0.2, 0.25) is 0 Å². The van der Waals surface area contributed by atoms with Crippen molar-refractivity contribution in [2.24, 2.45) is 4.99 Å². The third-order valence-corrected chi connectivity index (χ3v) is 4.64. The zero-order valence-electron chi connectivity index (χ0n) is 18.0. The Morgan fingerprint density at radius 3 is 2.56 bits per heavy atom. The molecule has 2 N–H and O–H groups in total. The van der Waals surface area contributed by atoms with E-state index in [4.69, 9.17) is 9.47 Å². The minimum absolute atomic E-state index is 0.495. The molecule has 9 nitrogen and oxygen atoms in total. The number of hydrogen-bond acceptors (Lipinski definition) is 6. The number of nitrogens with zero attached hydrogens (tertiary/aromatic N) is 5. The van der Waals surface area contributed by atoms with Crippen molar-refractivity contribution in [3.63, 3.8) is 0 Å². The van der Waals surface area contributed by atoms with Crippen molar-refractivity contribution in [3.05, 3.63) is 78.4 Å². The molecular formula is C23H25N7O2. The summed E-state index contributed by atoms with van der Waals surface area (Å²) in [4.78, 5) is 8.66. The zero-order chi connectivity index (χ0) is 22.2. The van der Waals surface area contributed by atoms with E-state index in [9.17, 15) is 0 Å². The van der Waals surface area contributed by atoms with Crippen molar-refractivity contribution in [1.82, 2.24) is 30.2 Å². The molecule has 3 heterocycles. The molecule has 32 heavy (non-hydrogen) atoms. The van der Waals surface area contributed by atoms with Gasteiger partial charge in [-0.05, 0) is 36.8 Å². The van der Waals surface area contributed by atoms with Gasteiger partial charge >= 0.3 is 0 Å². The van der Waals surface area contributed by atoms with Crippen LogP contribution in [-0.4, -0.2) is 39.2 Å². The Hall–Kier alpha value is -4.14. The minimum Gasteiger partial charge on any atom is -0.490 e. The van der Waals surface area contributed by atoms with Crippen LogP contribution < -0.4 is 20.1 Å². The molecule has 0 bridgehead atoms. The predicted molar refractivity (Wildman–Crippen MR) is 122 cm³/mol. The number of aliphatic imine (C=N–C) groups is 1. The summed E-state index contributed by atoms with van der Waals surface area (Å²) in [6, 6.07) is 17.1. The summed E-state index contributed by atoms with van der Waals surface area (Å²) in [5, 5.41) is 14.9. The van der Waals surface area contributed by atoms with Gasteiger partial charge in [-0.25, -0.2) is 4.98 Å². The molecule has 0 atom stereocenters. The molecule has 9 heteroatoms. The monoisotopic (exact) mass is 431 g/mol. The normalized spacial score (nSPS) is 11.4. The van der Waals surface area contributed by atoms with Crippen LogP contribution in [0.3, 0.4) is 0 Å². The molecule has 164 valence electrons. The molecule has 0 fully saturated rings. The highest BCUT2D eigenvalue weighted by molar-refractivity contribution is 5.79. The second-order valence-corrected chi connectivity index (χ2v) is 6.81.